The van der Waals surface area contributed by atoms with Crippen molar-refractivity contribution in [2.24, 2.45) is 0 Å². The molecule has 20 heavy (non-hydrogen) atoms. The molecule has 0 aliphatic carbocycles. The van der Waals surface area contributed by atoms with Crippen molar-refractivity contribution in [3.63, 3.8) is 0 Å². The molecule has 0 amide bonds. The molecule has 2 rings (SSSR count). The quantitative estimate of drug-likeness (QED) is 0.722. The van der Waals surface area contributed by atoms with Crippen LogP contribution in [0, 0.1) is 0 Å². The average Bonchev–Trinajstić information content (AvgIpc) is 3.07. The maximum Gasteiger partial charge on any atom is 0.150 e. The zero-order chi connectivity index (χ0) is 14.2. The first-order valence-corrected chi connectivity index (χ1v) is 8.02. The molecule has 0 saturated heterocycles. The van der Waals surface area contributed by atoms with Crippen LogP contribution in [-0.4, -0.2) is 35.4 Å². The second-order valence-electron chi connectivity index (χ2n) is 4.94. The van der Waals surface area contributed by atoms with Crippen LogP contribution in [0.25, 0.3) is 10.7 Å². The predicted octanol–water partition coefficient (Wildman–Crippen LogP) is 3.02. The van der Waals surface area contributed by atoms with E-state index in [4.69, 9.17) is 4.74 Å². The summed E-state index contributed by atoms with van der Waals surface area (Å²) < 4.78 is 7.71. The van der Waals surface area contributed by atoms with E-state index in [0.29, 0.717) is 6.10 Å². The maximum atomic E-state index is 5.51. The Balaban J connectivity index is 1.67. The molecule has 4 nitrogen and oxygen atoms in total. The highest BCUT2D eigenvalue weighted by Gasteiger charge is 2.05. The zero-order valence-electron chi connectivity index (χ0n) is 12.2. The van der Waals surface area contributed by atoms with E-state index in [1.165, 1.54) is 4.88 Å². The normalized spacial score (nSPS) is 11.3. The first-order valence-electron chi connectivity index (χ1n) is 7.14. The summed E-state index contributed by atoms with van der Waals surface area (Å²) >= 11 is 1.73. The van der Waals surface area contributed by atoms with E-state index in [2.05, 4.69) is 46.2 Å². The van der Waals surface area contributed by atoms with Gasteiger partial charge in [-0.15, -0.1) is 11.3 Å². The van der Waals surface area contributed by atoms with Gasteiger partial charge in [-0.25, -0.2) is 4.98 Å². The van der Waals surface area contributed by atoms with Gasteiger partial charge in [0, 0.05) is 32.1 Å². The number of nitrogens with one attached hydrogen (secondary N) is 1. The third-order valence-electron chi connectivity index (χ3n) is 2.94. The number of thiophene rings is 1. The Morgan fingerprint density at radius 1 is 1.40 bits per heavy atom. The Hall–Kier alpha value is -1.17. The van der Waals surface area contributed by atoms with Gasteiger partial charge in [-0.3, -0.25) is 0 Å². The Morgan fingerprint density at radius 3 is 3.05 bits per heavy atom. The Labute approximate surface area is 124 Å². The first kappa shape index (κ1) is 15.2. The summed E-state index contributed by atoms with van der Waals surface area (Å²) in [6.07, 6.45) is 5.29. The fourth-order valence-corrected chi connectivity index (χ4v) is 2.70. The van der Waals surface area contributed by atoms with Crippen LogP contribution < -0.4 is 5.32 Å². The van der Waals surface area contributed by atoms with Crippen LogP contribution >= 0.6 is 11.3 Å². The fraction of sp³-hybridized carbons (Fsp3) is 0.533. The van der Waals surface area contributed by atoms with Gasteiger partial charge in [-0.05, 0) is 38.3 Å². The van der Waals surface area contributed by atoms with Crippen molar-refractivity contribution in [2.75, 3.05) is 19.7 Å². The molecule has 0 fully saturated rings. The molecular weight excluding hydrogens is 270 g/mol. The summed E-state index contributed by atoms with van der Waals surface area (Å²) in [6.45, 7) is 7.86. The van der Waals surface area contributed by atoms with Gasteiger partial charge in [0.1, 0.15) is 5.82 Å². The fourth-order valence-electron chi connectivity index (χ4n) is 1.96. The molecule has 0 aliphatic rings. The van der Waals surface area contributed by atoms with Crippen molar-refractivity contribution in [1.29, 1.82) is 0 Å². The summed E-state index contributed by atoms with van der Waals surface area (Å²) in [4.78, 5) is 5.65. The number of hydrogen-bond acceptors (Lipinski definition) is 4. The lowest BCUT2D eigenvalue weighted by atomic mass is 10.4. The van der Waals surface area contributed by atoms with Crippen LogP contribution in [0.5, 0.6) is 0 Å². The van der Waals surface area contributed by atoms with Gasteiger partial charge in [-0.2, -0.15) is 0 Å². The lowest BCUT2D eigenvalue weighted by Gasteiger charge is -2.09. The van der Waals surface area contributed by atoms with E-state index < -0.39 is 0 Å². The molecule has 0 radical (unpaired) electrons. The van der Waals surface area contributed by atoms with Crippen LogP contribution in [0.1, 0.15) is 20.3 Å². The van der Waals surface area contributed by atoms with Gasteiger partial charge in [-0.1, -0.05) is 6.07 Å². The van der Waals surface area contributed by atoms with Crippen LogP contribution in [-0.2, 0) is 11.3 Å². The molecule has 0 bridgehead atoms. The molecule has 5 heteroatoms. The average molecular weight is 293 g/mol. The van der Waals surface area contributed by atoms with Gasteiger partial charge in [0.2, 0.25) is 0 Å². The number of ether oxygens (including phenoxy) is 1. The van der Waals surface area contributed by atoms with Crippen molar-refractivity contribution in [3.05, 3.63) is 29.9 Å². The molecule has 0 atom stereocenters. The van der Waals surface area contributed by atoms with Crippen LogP contribution in [0.3, 0.4) is 0 Å². The monoisotopic (exact) mass is 293 g/mol. The van der Waals surface area contributed by atoms with Gasteiger partial charge in [0.25, 0.3) is 0 Å². The maximum absolute atomic E-state index is 5.51. The van der Waals surface area contributed by atoms with E-state index in [1.54, 1.807) is 11.3 Å². The Morgan fingerprint density at radius 2 is 2.30 bits per heavy atom. The van der Waals surface area contributed by atoms with Gasteiger partial charge in [0.05, 0.1) is 11.0 Å². The number of imidazole rings is 1. The molecule has 0 saturated carbocycles. The van der Waals surface area contributed by atoms with Gasteiger partial charge < -0.3 is 14.6 Å². The summed E-state index contributed by atoms with van der Waals surface area (Å²) in [6, 6.07) is 4.17. The molecule has 0 spiro atoms. The highest BCUT2D eigenvalue weighted by molar-refractivity contribution is 7.13. The number of nitrogens with zero attached hydrogens (tertiary/aromatic N) is 2. The Kier molecular flexibility index (Phi) is 6.24. The smallest absolute Gasteiger partial charge is 0.150 e. The minimum Gasteiger partial charge on any atom is -0.379 e. The van der Waals surface area contributed by atoms with E-state index >= 15 is 0 Å². The van der Waals surface area contributed by atoms with E-state index in [1.807, 2.05) is 12.4 Å². The number of hydrogen-bond donors (Lipinski definition) is 1. The van der Waals surface area contributed by atoms with E-state index in [-0.39, 0.29) is 0 Å². The van der Waals surface area contributed by atoms with Gasteiger partial charge >= 0.3 is 0 Å². The lowest BCUT2D eigenvalue weighted by Crippen LogP contribution is -2.22. The van der Waals surface area contributed by atoms with Crippen molar-refractivity contribution in [1.82, 2.24) is 14.9 Å². The molecule has 2 heterocycles. The highest BCUT2D eigenvalue weighted by atomic mass is 32.1. The Bertz CT molecular complexity index is 479. The van der Waals surface area contributed by atoms with E-state index in [0.717, 1.165) is 38.5 Å². The molecule has 0 aromatic carbocycles. The topological polar surface area (TPSA) is 39.1 Å². The first-order chi connectivity index (χ1) is 9.77. The molecule has 0 aliphatic heterocycles. The van der Waals surface area contributed by atoms with Crippen molar-refractivity contribution < 1.29 is 4.74 Å². The minimum atomic E-state index is 0.328. The van der Waals surface area contributed by atoms with E-state index in [9.17, 15) is 0 Å². The third-order valence-corrected chi connectivity index (χ3v) is 3.80. The molecule has 2 aromatic heterocycles. The standard InChI is InChI=1S/C15H23N3OS/c1-13(2)19-11-4-6-16-7-9-18-10-8-17-15(18)14-5-3-12-20-14/h3,5,8,10,12-13,16H,4,6-7,9,11H2,1-2H3. The summed E-state index contributed by atoms with van der Waals surface area (Å²) in [5.74, 6) is 1.06. The second kappa shape index (κ2) is 8.19. The number of aromatic nitrogens is 2. The van der Waals surface area contributed by atoms with Crippen LogP contribution in [0.15, 0.2) is 29.9 Å². The molecule has 2 aromatic rings. The molecule has 110 valence electrons. The van der Waals surface area contributed by atoms with Crippen LogP contribution in [0.2, 0.25) is 0 Å². The van der Waals surface area contributed by atoms with Crippen molar-refractivity contribution in [3.8, 4) is 10.7 Å². The summed E-state index contributed by atoms with van der Waals surface area (Å²) in [7, 11) is 0. The van der Waals surface area contributed by atoms with Crippen molar-refractivity contribution in [2.45, 2.75) is 32.9 Å². The SMILES string of the molecule is CC(C)OCCCNCCn1ccnc1-c1cccs1. The largest absolute Gasteiger partial charge is 0.379 e. The van der Waals surface area contributed by atoms with Gasteiger partial charge in [0.15, 0.2) is 0 Å². The van der Waals surface area contributed by atoms with Crippen LogP contribution in [0.4, 0.5) is 0 Å². The molecule has 0 unspecified atom stereocenters. The molecule has 1 N–H and O–H groups in total. The zero-order valence-corrected chi connectivity index (χ0v) is 13.0. The predicted molar refractivity (Wildman–Crippen MR) is 84.1 cm³/mol. The highest BCUT2D eigenvalue weighted by Crippen LogP contribution is 2.22. The molecular formula is C15H23N3OS. The second-order valence-corrected chi connectivity index (χ2v) is 5.89. The lowest BCUT2D eigenvalue weighted by molar-refractivity contribution is 0.0771. The summed E-state index contributed by atoms with van der Waals surface area (Å²) in [5, 5.41) is 5.53. The van der Waals surface area contributed by atoms with Crippen molar-refractivity contribution >= 4 is 11.3 Å². The summed E-state index contributed by atoms with van der Waals surface area (Å²) in [5.41, 5.74) is 0. The third kappa shape index (κ3) is 4.74. The minimum absolute atomic E-state index is 0.328. The number of rotatable bonds is 9.